The molecule has 2 aromatic rings. The molecule has 2 saturated heterocycles. The largest absolute Gasteiger partial charge is 0.338 e. The van der Waals surface area contributed by atoms with E-state index in [1.807, 2.05) is 30.5 Å². The van der Waals surface area contributed by atoms with E-state index in [2.05, 4.69) is 51.2 Å². The number of rotatable bonds is 6. The van der Waals surface area contributed by atoms with Crippen molar-refractivity contribution in [2.24, 2.45) is 0 Å². The second-order valence-corrected chi connectivity index (χ2v) is 7.09. The molecule has 1 amide bonds. The maximum Gasteiger partial charge on any atom is 0.224 e. The van der Waals surface area contributed by atoms with E-state index >= 15 is 0 Å². The Kier molecular flexibility index (Phi) is 5.12. The lowest BCUT2D eigenvalue weighted by atomic mass is 10.1. The molecule has 0 N–H and O–H groups in total. The zero-order valence-corrected chi connectivity index (χ0v) is 15.0. The molecule has 0 bridgehead atoms. The molecule has 0 unspecified atom stereocenters. The van der Waals surface area contributed by atoms with E-state index in [4.69, 9.17) is 0 Å². The Hall–Kier alpha value is -2.46. The third kappa shape index (κ3) is 3.70. The quantitative estimate of drug-likeness (QED) is 0.806. The van der Waals surface area contributed by atoms with Crippen LogP contribution in [0.25, 0.3) is 6.08 Å². The van der Waals surface area contributed by atoms with Crippen LogP contribution >= 0.6 is 0 Å². The highest BCUT2D eigenvalue weighted by Gasteiger charge is 2.45. The van der Waals surface area contributed by atoms with Crippen molar-refractivity contribution in [3.63, 3.8) is 0 Å². The predicted octanol–water partition coefficient (Wildman–Crippen LogP) is 3.01. The second-order valence-electron chi connectivity index (χ2n) is 7.09. The van der Waals surface area contributed by atoms with Crippen LogP contribution in [-0.4, -0.2) is 52.4 Å². The molecule has 0 aliphatic carbocycles. The summed E-state index contributed by atoms with van der Waals surface area (Å²) in [6.07, 6.45) is 8.79. The summed E-state index contributed by atoms with van der Waals surface area (Å²) in [5, 5.41) is 0. The first-order chi connectivity index (χ1) is 12.8. The Bertz CT molecular complexity index is 759. The van der Waals surface area contributed by atoms with Crippen molar-refractivity contribution < 1.29 is 4.79 Å². The number of nitrogens with zero attached hydrogens (tertiary/aromatic N) is 3. The highest BCUT2D eigenvalue weighted by Crippen LogP contribution is 2.32. The summed E-state index contributed by atoms with van der Waals surface area (Å²) < 4.78 is 0. The normalized spacial score (nSPS) is 23.1. The van der Waals surface area contributed by atoms with Gasteiger partial charge in [0.05, 0.1) is 0 Å². The summed E-state index contributed by atoms with van der Waals surface area (Å²) in [5.41, 5.74) is 2.28. The molecule has 4 heteroatoms. The highest BCUT2D eigenvalue weighted by atomic mass is 16.2. The van der Waals surface area contributed by atoms with E-state index in [0.29, 0.717) is 24.4 Å². The van der Waals surface area contributed by atoms with Crippen molar-refractivity contribution in [3.05, 3.63) is 72.1 Å². The number of benzene rings is 1. The molecule has 4 nitrogen and oxygen atoms in total. The lowest BCUT2D eigenvalue weighted by Crippen LogP contribution is -2.38. The molecular weight excluding hydrogens is 322 g/mol. The predicted molar refractivity (Wildman–Crippen MR) is 104 cm³/mol. The third-order valence-corrected chi connectivity index (χ3v) is 5.51. The Balaban J connectivity index is 1.34. The first-order valence-electron chi connectivity index (χ1n) is 9.46. The van der Waals surface area contributed by atoms with Crippen molar-refractivity contribution in [2.75, 3.05) is 19.6 Å². The summed E-state index contributed by atoms with van der Waals surface area (Å²) in [5.74, 6) is 0.299. The summed E-state index contributed by atoms with van der Waals surface area (Å²) in [4.78, 5) is 21.4. The van der Waals surface area contributed by atoms with Gasteiger partial charge >= 0.3 is 0 Å². The minimum atomic E-state index is 0.299. The van der Waals surface area contributed by atoms with Crippen LogP contribution in [0.2, 0.25) is 0 Å². The monoisotopic (exact) mass is 347 g/mol. The molecule has 3 heterocycles. The van der Waals surface area contributed by atoms with Crippen LogP contribution in [0.1, 0.15) is 24.1 Å². The lowest BCUT2D eigenvalue weighted by molar-refractivity contribution is -0.129. The number of pyridine rings is 1. The van der Waals surface area contributed by atoms with E-state index in [9.17, 15) is 4.79 Å². The molecule has 1 aromatic carbocycles. The van der Waals surface area contributed by atoms with Crippen LogP contribution in [0.5, 0.6) is 0 Å². The van der Waals surface area contributed by atoms with Gasteiger partial charge < -0.3 is 4.90 Å². The SMILES string of the molecule is O=C1C[C@H]2[C@H](CCN2C/C=C/c2ccccc2)N1CCc1ccccn1. The van der Waals surface area contributed by atoms with Gasteiger partial charge in [0, 0.05) is 56.5 Å². The first kappa shape index (κ1) is 17.0. The van der Waals surface area contributed by atoms with Crippen LogP contribution in [0.3, 0.4) is 0 Å². The van der Waals surface area contributed by atoms with E-state index in [1.165, 1.54) is 5.56 Å². The average Bonchev–Trinajstić information content (AvgIpc) is 3.20. The van der Waals surface area contributed by atoms with E-state index in [-0.39, 0.29) is 0 Å². The van der Waals surface area contributed by atoms with Crippen LogP contribution < -0.4 is 0 Å². The van der Waals surface area contributed by atoms with Crippen molar-refractivity contribution in [1.29, 1.82) is 0 Å². The summed E-state index contributed by atoms with van der Waals surface area (Å²) in [7, 11) is 0. The van der Waals surface area contributed by atoms with Gasteiger partial charge in [0.1, 0.15) is 0 Å². The maximum atomic E-state index is 12.5. The number of carbonyl (C=O) groups is 1. The number of carbonyl (C=O) groups excluding carboxylic acids is 1. The van der Waals surface area contributed by atoms with E-state index in [0.717, 1.165) is 38.2 Å². The molecule has 134 valence electrons. The van der Waals surface area contributed by atoms with Crippen LogP contribution in [0.15, 0.2) is 60.8 Å². The summed E-state index contributed by atoms with van der Waals surface area (Å²) >= 11 is 0. The molecule has 0 saturated carbocycles. The van der Waals surface area contributed by atoms with Crippen molar-refractivity contribution in [3.8, 4) is 0 Å². The first-order valence-corrected chi connectivity index (χ1v) is 9.46. The second kappa shape index (κ2) is 7.83. The molecule has 2 fully saturated rings. The van der Waals surface area contributed by atoms with Gasteiger partial charge in [0.15, 0.2) is 0 Å². The van der Waals surface area contributed by atoms with Gasteiger partial charge in [-0.05, 0) is 24.1 Å². The van der Waals surface area contributed by atoms with Gasteiger partial charge in [-0.25, -0.2) is 0 Å². The van der Waals surface area contributed by atoms with Gasteiger partial charge in [-0.15, -0.1) is 0 Å². The Morgan fingerprint density at radius 1 is 1.08 bits per heavy atom. The Morgan fingerprint density at radius 3 is 2.73 bits per heavy atom. The number of aromatic nitrogens is 1. The fraction of sp³-hybridized carbons (Fsp3) is 0.364. The topological polar surface area (TPSA) is 36.4 Å². The fourth-order valence-electron chi connectivity index (χ4n) is 4.20. The smallest absolute Gasteiger partial charge is 0.224 e. The molecule has 4 rings (SSSR count). The third-order valence-electron chi connectivity index (χ3n) is 5.51. The average molecular weight is 347 g/mol. The van der Waals surface area contributed by atoms with Crippen molar-refractivity contribution in [1.82, 2.24) is 14.8 Å². The Morgan fingerprint density at radius 2 is 1.92 bits per heavy atom. The molecule has 2 aliphatic rings. The zero-order valence-electron chi connectivity index (χ0n) is 15.0. The zero-order chi connectivity index (χ0) is 17.8. The van der Waals surface area contributed by atoms with Crippen molar-refractivity contribution >= 4 is 12.0 Å². The van der Waals surface area contributed by atoms with Crippen LogP contribution in [0, 0.1) is 0 Å². The number of likely N-dealkylation sites (tertiary alicyclic amines) is 2. The molecule has 2 aliphatic heterocycles. The van der Waals surface area contributed by atoms with E-state index in [1.54, 1.807) is 0 Å². The van der Waals surface area contributed by atoms with Crippen molar-refractivity contribution in [2.45, 2.75) is 31.3 Å². The molecule has 0 spiro atoms. The summed E-state index contributed by atoms with van der Waals surface area (Å²) in [6, 6.07) is 17.1. The number of hydrogen-bond donors (Lipinski definition) is 0. The number of amides is 1. The fourth-order valence-corrected chi connectivity index (χ4v) is 4.20. The lowest BCUT2D eigenvalue weighted by Gasteiger charge is -2.24. The highest BCUT2D eigenvalue weighted by molar-refractivity contribution is 5.80. The van der Waals surface area contributed by atoms with Crippen LogP contribution in [0.4, 0.5) is 0 Å². The van der Waals surface area contributed by atoms with Gasteiger partial charge in [0.2, 0.25) is 5.91 Å². The molecule has 1 aromatic heterocycles. The number of hydrogen-bond acceptors (Lipinski definition) is 3. The number of fused-ring (bicyclic) bond motifs is 1. The van der Waals surface area contributed by atoms with Gasteiger partial charge in [0.25, 0.3) is 0 Å². The summed E-state index contributed by atoms with van der Waals surface area (Å²) in [6.45, 7) is 2.77. The van der Waals surface area contributed by atoms with Gasteiger partial charge in [-0.3, -0.25) is 14.7 Å². The van der Waals surface area contributed by atoms with Gasteiger partial charge in [-0.1, -0.05) is 48.6 Å². The molecule has 26 heavy (non-hydrogen) atoms. The van der Waals surface area contributed by atoms with Crippen LogP contribution in [-0.2, 0) is 11.2 Å². The van der Waals surface area contributed by atoms with E-state index < -0.39 is 0 Å². The minimum absolute atomic E-state index is 0.299. The Labute approximate surface area is 155 Å². The molecule has 0 radical (unpaired) electrons. The molecular formula is C22H25N3O. The maximum absolute atomic E-state index is 12.5. The molecule has 2 atom stereocenters. The standard InChI is InChI=1S/C22H25N3O/c26-22-17-21-20(25(22)16-11-19-10-4-5-13-23-19)12-15-24(21)14-6-9-18-7-2-1-3-8-18/h1-10,13,20-21H,11-12,14-17H2/b9-6+/t20-,21-/m0/s1. The minimum Gasteiger partial charge on any atom is -0.338 e. The van der Waals surface area contributed by atoms with Gasteiger partial charge in [-0.2, -0.15) is 0 Å².